The number of amides is 1. The molecule has 2 heterocycles. The topological polar surface area (TPSA) is 49.0 Å². The third-order valence-corrected chi connectivity index (χ3v) is 2.40. The Labute approximate surface area is 77.7 Å². The molecule has 0 aliphatic carbocycles. The average Bonchev–Trinajstić information content (AvgIpc) is 2.47. The number of fused-ring (bicyclic) bond motifs is 1. The predicted octanol–water partition coefficient (Wildman–Crippen LogP) is -0.892. The molecule has 0 bridgehead atoms. The minimum atomic E-state index is 0.0891. The summed E-state index contributed by atoms with van der Waals surface area (Å²) in [5.41, 5.74) is 2.55. The summed E-state index contributed by atoms with van der Waals surface area (Å²) in [4.78, 5) is 12.9. The third kappa shape index (κ3) is 1.34. The van der Waals surface area contributed by atoms with Crippen LogP contribution in [0.4, 0.5) is 0 Å². The Kier molecular flexibility index (Phi) is 1.86. The lowest BCUT2D eigenvalue weighted by Gasteiger charge is -2.25. The molecule has 66 valence electrons. The average molecular weight is 175 g/mol. The molecule has 5 heteroatoms. The molecular weight excluding hydrogens is 165 g/mol. The molecule has 2 radical (unpaired) electrons. The highest BCUT2D eigenvalue weighted by Gasteiger charge is 2.21. The summed E-state index contributed by atoms with van der Waals surface area (Å²) in [5.74, 6) is 0.0891. The Hall–Kier alpha value is -1.26. The summed E-state index contributed by atoms with van der Waals surface area (Å²) in [6.45, 7) is 2.90. The second kappa shape index (κ2) is 2.90. The molecular formula is C8H10BN3O. The molecule has 0 atom stereocenters. The SMILES string of the molecule is [B]c1[nH]nc2c1CN(C(C)=O)CC2. The molecule has 0 fully saturated rings. The van der Waals surface area contributed by atoms with Gasteiger partial charge in [-0.2, -0.15) is 5.10 Å². The highest BCUT2D eigenvalue weighted by atomic mass is 16.2. The van der Waals surface area contributed by atoms with E-state index in [0.717, 1.165) is 24.2 Å². The summed E-state index contributed by atoms with van der Waals surface area (Å²) < 4.78 is 0. The second-order valence-electron chi connectivity index (χ2n) is 3.25. The number of carbonyl (C=O) groups is 1. The van der Waals surface area contributed by atoms with E-state index >= 15 is 0 Å². The van der Waals surface area contributed by atoms with Crippen LogP contribution in [0.25, 0.3) is 0 Å². The van der Waals surface area contributed by atoms with Crippen LogP contribution in [0, 0.1) is 0 Å². The van der Waals surface area contributed by atoms with Gasteiger partial charge in [-0.05, 0) is 5.59 Å². The number of aromatic nitrogens is 2. The predicted molar refractivity (Wildman–Crippen MR) is 48.8 cm³/mol. The molecule has 0 saturated heterocycles. The largest absolute Gasteiger partial charge is 0.338 e. The van der Waals surface area contributed by atoms with E-state index < -0.39 is 0 Å². The van der Waals surface area contributed by atoms with Gasteiger partial charge in [0, 0.05) is 32.0 Å². The number of hydrogen-bond donors (Lipinski definition) is 1. The molecule has 2 rings (SSSR count). The van der Waals surface area contributed by atoms with Crippen molar-refractivity contribution in [3.8, 4) is 0 Å². The first kappa shape index (κ1) is 8.35. The Morgan fingerprint density at radius 3 is 3.15 bits per heavy atom. The standard InChI is InChI=1S/C8H10BN3O/c1-5(13)12-3-2-7-6(4-12)8(9)11-10-7/h2-4H2,1H3,(H,10,11). The summed E-state index contributed by atoms with van der Waals surface area (Å²) in [5, 5.41) is 6.79. The first-order valence-electron chi connectivity index (χ1n) is 4.25. The van der Waals surface area contributed by atoms with Crippen molar-refractivity contribution < 1.29 is 4.79 Å². The van der Waals surface area contributed by atoms with Crippen molar-refractivity contribution in [1.82, 2.24) is 15.1 Å². The van der Waals surface area contributed by atoms with Crippen molar-refractivity contribution in [2.45, 2.75) is 19.9 Å². The van der Waals surface area contributed by atoms with Crippen LogP contribution < -0.4 is 5.59 Å². The van der Waals surface area contributed by atoms with E-state index in [1.54, 1.807) is 11.8 Å². The quantitative estimate of drug-likeness (QED) is 0.520. The zero-order chi connectivity index (χ0) is 9.42. The van der Waals surface area contributed by atoms with Gasteiger partial charge >= 0.3 is 0 Å². The highest BCUT2D eigenvalue weighted by Crippen LogP contribution is 2.13. The number of hydrogen-bond acceptors (Lipinski definition) is 2. The van der Waals surface area contributed by atoms with Crippen LogP contribution in [0.5, 0.6) is 0 Å². The van der Waals surface area contributed by atoms with Gasteiger partial charge in [0.2, 0.25) is 5.91 Å². The van der Waals surface area contributed by atoms with Crippen molar-refractivity contribution in [3.63, 3.8) is 0 Å². The van der Waals surface area contributed by atoms with Crippen LogP contribution in [0.1, 0.15) is 18.2 Å². The summed E-state index contributed by atoms with van der Waals surface area (Å²) in [6, 6.07) is 0. The van der Waals surface area contributed by atoms with Gasteiger partial charge in [-0.3, -0.25) is 9.89 Å². The van der Waals surface area contributed by atoms with Gasteiger partial charge in [0.05, 0.1) is 5.69 Å². The first-order valence-corrected chi connectivity index (χ1v) is 4.25. The number of nitrogens with zero attached hydrogens (tertiary/aromatic N) is 2. The lowest BCUT2D eigenvalue weighted by atomic mass is 9.95. The molecule has 1 amide bonds. The first-order chi connectivity index (χ1) is 6.18. The zero-order valence-corrected chi connectivity index (χ0v) is 7.50. The molecule has 1 aromatic heterocycles. The van der Waals surface area contributed by atoms with E-state index in [9.17, 15) is 4.79 Å². The molecule has 1 aromatic rings. The summed E-state index contributed by atoms with van der Waals surface area (Å²) in [6.07, 6.45) is 0.794. The maximum absolute atomic E-state index is 11.1. The third-order valence-electron chi connectivity index (χ3n) is 2.40. The van der Waals surface area contributed by atoms with E-state index in [2.05, 4.69) is 10.2 Å². The Morgan fingerprint density at radius 1 is 1.69 bits per heavy atom. The zero-order valence-electron chi connectivity index (χ0n) is 7.50. The second-order valence-corrected chi connectivity index (χ2v) is 3.25. The van der Waals surface area contributed by atoms with Crippen LogP contribution in [0.15, 0.2) is 0 Å². The van der Waals surface area contributed by atoms with Gasteiger partial charge in [0.15, 0.2) is 0 Å². The van der Waals surface area contributed by atoms with Crippen molar-refractivity contribution in [2.75, 3.05) is 6.54 Å². The lowest BCUT2D eigenvalue weighted by molar-refractivity contribution is -0.129. The van der Waals surface area contributed by atoms with Crippen LogP contribution >= 0.6 is 0 Å². The number of carbonyl (C=O) groups excluding carboxylic acids is 1. The number of rotatable bonds is 0. The highest BCUT2D eigenvalue weighted by molar-refractivity contribution is 6.31. The number of H-pyrrole nitrogens is 1. The monoisotopic (exact) mass is 175 g/mol. The van der Waals surface area contributed by atoms with Gasteiger partial charge in [-0.15, -0.1) is 0 Å². The molecule has 0 spiro atoms. The van der Waals surface area contributed by atoms with Crippen LogP contribution in [-0.4, -0.2) is 35.4 Å². The van der Waals surface area contributed by atoms with Crippen LogP contribution in [0.2, 0.25) is 0 Å². The van der Waals surface area contributed by atoms with Gasteiger partial charge in [0.25, 0.3) is 0 Å². The van der Waals surface area contributed by atoms with Gasteiger partial charge in [0.1, 0.15) is 7.85 Å². The van der Waals surface area contributed by atoms with E-state index in [1.165, 1.54) is 0 Å². The Bertz CT molecular complexity index is 347. The molecule has 13 heavy (non-hydrogen) atoms. The van der Waals surface area contributed by atoms with Crippen molar-refractivity contribution in [1.29, 1.82) is 0 Å². The minimum Gasteiger partial charge on any atom is -0.338 e. The number of aromatic amines is 1. The Morgan fingerprint density at radius 2 is 2.46 bits per heavy atom. The molecule has 4 nitrogen and oxygen atoms in total. The molecule has 1 aliphatic heterocycles. The van der Waals surface area contributed by atoms with Crippen LogP contribution in [0.3, 0.4) is 0 Å². The molecule has 0 unspecified atom stereocenters. The minimum absolute atomic E-state index is 0.0891. The normalized spacial score (nSPS) is 15.6. The lowest BCUT2D eigenvalue weighted by Crippen LogP contribution is -2.35. The van der Waals surface area contributed by atoms with Gasteiger partial charge in [-0.25, -0.2) is 0 Å². The van der Waals surface area contributed by atoms with E-state index in [-0.39, 0.29) is 5.91 Å². The number of nitrogens with one attached hydrogen (secondary N) is 1. The van der Waals surface area contributed by atoms with E-state index in [1.807, 2.05) is 0 Å². The van der Waals surface area contributed by atoms with E-state index in [0.29, 0.717) is 12.1 Å². The molecule has 1 N–H and O–H groups in total. The smallest absolute Gasteiger partial charge is 0.219 e. The van der Waals surface area contributed by atoms with Crippen molar-refractivity contribution in [3.05, 3.63) is 11.3 Å². The van der Waals surface area contributed by atoms with E-state index in [4.69, 9.17) is 7.85 Å². The Balaban J connectivity index is 2.27. The van der Waals surface area contributed by atoms with Crippen LogP contribution in [-0.2, 0) is 17.8 Å². The van der Waals surface area contributed by atoms with Gasteiger partial charge < -0.3 is 4.90 Å². The van der Waals surface area contributed by atoms with Crippen molar-refractivity contribution in [2.24, 2.45) is 0 Å². The van der Waals surface area contributed by atoms with Gasteiger partial charge in [-0.1, -0.05) is 0 Å². The molecule has 1 aliphatic rings. The molecule has 0 saturated carbocycles. The van der Waals surface area contributed by atoms with Crippen molar-refractivity contribution >= 4 is 19.3 Å². The fraction of sp³-hybridized carbons (Fsp3) is 0.500. The fourth-order valence-corrected chi connectivity index (χ4v) is 1.58. The maximum atomic E-state index is 11.1. The summed E-state index contributed by atoms with van der Waals surface area (Å²) >= 11 is 0. The summed E-state index contributed by atoms with van der Waals surface area (Å²) in [7, 11) is 5.67. The fourth-order valence-electron chi connectivity index (χ4n) is 1.58. The maximum Gasteiger partial charge on any atom is 0.219 e. The molecule has 0 aromatic carbocycles.